The summed E-state index contributed by atoms with van der Waals surface area (Å²) in [6, 6.07) is 5.88. The molecule has 2 rings (SSSR count). The molecule has 0 heterocycles. The van der Waals surface area contributed by atoms with Gasteiger partial charge in [0.05, 0.1) is 13.2 Å². The second-order valence-electron chi connectivity index (χ2n) is 4.64. The summed E-state index contributed by atoms with van der Waals surface area (Å²) in [7, 11) is 0. The fourth-order valence-corrected chi connectivity index (χ4v) is 1.84. The summed E-state index contributed by atoms with van der Waals surface area (Å²) >= 11 is 0. The lowest BCUT2D eigenvalue weighted by Crippen LogP contribution is -2.25. The molecule has 0 bridgehead atoms. The van der Waals surface area contributed by atoms with Gasteiger partial charge in [-0.1, -0.05) is 0 Å². The van der Waals surface area contributed by atoms with Crippen molar-refractivity contribution in [3.63, 3.8) is 0 Å². The van der Waals surface area contributed by atoms with E-state index in [-0.39, 0.29) is 5.91 Å². The van der Waals surface area contributed by atoms with Crippen molar-refractivity contribution in [2.24, 2.45) is 0 Å². The quantitative estimate of drug-likeness (QED) is 0.822. The molecule has 1 N–H and O–H groups in total. The maximum atomic E-state index is 12.0. The Bertz CT molecular complexity index is 441. The predicted octanol–water partition coefficient (Wildman–Crippen LogP) is 2.51. The molecule has 0 saturated heterocycles. The van der Waals surface area contributed by atoms with Gasteiger partial charge in [0.1, 0.15) is 5.75 Å². The van der Waals surface area contributed by atoms with E-state index in [1.54, 1.807) is 6.07 Å². The summed E-state index contributed by atoms with van der Waals surface area (Å²) in [5, 5.41) is 2.98. The number of carbonyl (C=O) groups is 1. The average Bonchev–Trinajstić information content (AvgIpc) is 3.21. The monoisotopic (exact) mass is 263 g/mol. The predicted molar refractivity (Wildman–Crippen MR) is 73.4 cm³/mol. The summed E-state index contributed by atoms with van der Waals surface area (Å²) in [4.78, 5) is 12.0. The van der Waals surface area contributed by atoms with Gasteiger partial charge < -0.3 is 14.8 Å². The molecule has 0 spiro atoms. The topological polar surface area (TPSA) is 47.6 Å². The number of hydrogen-bond acceptors (Lipinski definition) is 3. The fraction of sp³-hybridized carbons (Fsp3) is 0.533. The van der Waals surface area contributed by atoms with E-state index in [0.29, 0.717) is 31.4 Å². The van der Waals surface area contributed by atoms with Crippen molar-refractivity contribution in [1.82, 2.24) is 5.32 Å². The first kappa shape index (κ1) is 13.9. The molecular weight excluding hydrogens is 242 g/mol. The van der Waals surface area contributed by atoms with Crippen molar-refractivity contribution < 1.29 is 14.3 Å². The lowest BCUT2D eigenvalue weighted by molar-refractivity contribution is 0.0950. The molecule has 1 aromatic rings. The molecule has 4 heteroatoms. The van der Waals surface area contributed by atoms with Gasteiger partial charge in [0.25, 0.3) is 5.91 Å². The largest absolute Gasteiger partial charge is 0.494 e. The minimum Gasteiger partial charge on any atom is -0.494 e. The molecule has 4 nitrogen and oxygen atoms in total. The first-order valence-corrected chi connectivity index (χ1v) is 6.89. The summed E-state index contributed by atoms with van der Waals surface area (Å²) < 4.78 is 11.0. The number of carbonyl (C=O) groups excluding carboxylic acids is 1. The van der Waals surface area contributed by atoms with Crippen LogP contribution in [0.4, 0.5) is 0 Å². The Morgan fingerprint density at radius 2 is 2.11 bits per heavy atom. The summed E-state index contributed by atoms with van der Waals surface area (Å²) in [5.74, 6) is 0.780. The van der Waals surface area contributed by atoms with Gasteiger partial charge in [-0.25, -0.2) is 0 Å². The molecule has 1 aliphatic rings. The first-order valence-electron chi connectivity index (χ1n) is 6.89. The molecule has 0 unspecified atom stereocenters. The van der Waals surface area contributed by atoms with E-state index in [4.69, 9.17) is 9.47 Å². The number of nitrogens with one attached hydrogen (secondary N) is 1. The van der Waals surface area contributed by atoms with Crippen molar-refractivity contribution in [3.8, 4) is 5.75 Å². The van der Waals surface area contributed by atoms with Crippen LogP contribution >= 0.6 is 0 Å². The molecule has 1 aliphatic carbocycles. The third kappa shape index (κ3) is 3.96. The van der Waals surface area contributed by atoms with Crippen LogP contribution in [-0.2, 0) is 11.3 Å². The van der Waals surface area contributed by atoms with Gasteiger partial charge >= 0.3 is 0 Å². The smallest absolute Gasteiger partial charge is 0.251 e. The Hall–Kier alpha value is -1.55. The fourth-order valence-electron chi connectivity index (χ4n) is 1.84. The molecule has 0 aromatic heterocycles. The zero-order valence-corrected chi connectivity index (χ0v) is 11.6. The summed E-state index contributed by atoms with van der Waals surface area (Å²) in [6.45, 7) is 5.61. The van der Waals surface area contributed by atoms with Crippen LogP contribution in [0.1, 0.15) is 42.6 Å². The van der Waals surface area contributed by atoms with Crippen molar-refractivity contribution in [3.05, 3.63) is 29.3 Å². The summed E-state index contributed by atoms with van der Waals surface area (Å²) in [5.41, 5.74) is 1.59. The SMILES string of the molecule is CCOCc1cc(C(=O)NC2CC2)ccc1OCC. The highest BCUT2D eigenvalue weighted by Gasteiger charge is 2.24. The molecular formula is C15H21NO3. The molecule has 0 radical (unpaired) electrons. The lowest BCUT2D eigenvalue weighted by Gasteiger charge is -2.12. The van der Waals surface area contributed by atoms with Crippen LogP contribution in [0.15, 0.2) is 18.2 Å². The molecule has 104 valence electrons. The van der Waals surface area contributed by atoms with Gasteiger partial charge in [-0.15, -0.1) is 0 Å². The van der Waals surface area contributed by atoms with Crippen molar-refractivity contribution in [2.75, 3.05) is 13.2 Å². The zero-order valence-electron chi connectivity index (χ0n) is 11.6. The van der Waals surface area contributed by atoms with Crippen LogP contribution in [0.2, 0.25) is 0 Å². The minimum atomic E-state index is -0.0108. The third-order valence-corrected chi connectivity index (χ3v) is 3.00. The van der Waals surface area contributed by atoms with Gasteiger partial charge in [0, 0.05) is 23.8 Å². The van der Waals surface area contributed by atoms with Gasteiger partial charge in [-0.05, 0) is 44.9 Å². The van der Waals surface area contributed by atoms with Gasteiger partial charge in [-0.3, -0.25) is 4.79 Å². The highest BCUT2D eigenvalue weighted by molar-refractivity contribution is 5.95. The molecule has 1 amide bonds. The standard InChI is InChI=1S/C15H21NO3/c1-3-18-10-12-9-11(5-8-14(12)19-4-2)15(17)16-13-6-7-13/h5,8-9,13H,3-4,6-7,10H2,1-2H3,(H,16,17). The van der Waals surface area contributed by atoms with E-state index in [2.05, 4.69) is 5.32 Å². The normalized spacial score (nSPS) is 14.2. The van der Waals surface area contributed by atoms with Crippen LogP contribution in [0.5, 0.6) is 5.75 Å². The van der Waals surface area contributed by atoms with Crippen molar-refractivity contribution in [1.29, 1.82) is 0 Å². The molecule has 1 fully saturated rings. The number of ether oxygens (including phenoxy) is 2. The Morgan fingerprint density at radius 1 is 1.32 bits per heavy atom. The molecule has 0 atom stereocenters. The molecule has 19 heavy (non-hydrogen) atoms. The molecule has 1 saturated carbocycles. The van der Waals surface area contributed by atoms with E-state index >= 15 is 0 Å². The average molecular weight is 263 g/mol. The highest BCUT2D eigenvalue weighted by atomic mass is 16.5. The van der Waals surface area contributed by atoms with E-state index in [9.17, 15) is 4.79 Å². The van der Waals surface area contributed by atoms with E-state index in [0.717, 1.165) is 24.2 Å². The van der Waals surface area contributed by atoms with E-state index in [1.165, 1.54) is 0 Å². The van der Waals surface area contributed by atoms with Crippen LogP contribution in [0, 0.1) is 0 Å². The summed E-state index contributed by atoms with van der Waals surface area (Å²) in [6.07, 6.45) is 2.18. The zero-order chi connectivity index (χ0) is 13.7. The first-order chi connectivity index (χ1) is 9.24. The van der Waals surface area contributed by atoms with Gasteiger partial charge in [0.15, 0.2) is 0 Å². The van der Waals surface area contributed by atoms with Gasteiger partial charge in [0.2, 0.25) is 0 Å². The number of benzene rings is 1. The Balaban J connectivity index is 2.12. The van der Waals surface area contributed by atoms with Crippen LogP contribution in [-0.4, -0.2) is 25.2 Å². The van der Waals surface area contributed by atoms with E-state index < -0.39 is 0 Å². The van der Waals surface area contributed by atoms with Crippen molar-refractivity contribution in [2.45, 2.75) is 39.3 Å². The Labute approximate surface area is 114 Å². The maximum Gasteiger partial charge on any atom is 0.251 e. The molecule has 1 aromatic carbocycles. The van der Waals surface area contributed by atoms with Crippen LogP contribution < -0.4 is 10.1 Å². The lowest BCUT2D eigenvalue weighted by atomic mass is 10.1. The number of rotatable bonds is 7. The maximum absolute atomic E-state index is 12.0. The second kappa shape index (κ2) is 6.57. The number of amides is 1. The van der Waals surface area contributed by atoms with Crippen LogP contribution in [0.3, 0.4) is 0 Å². The number of hydrogen-bond donors (Lipinski definition) is 1. The Kier molecular flexibility index (Phi) is 4.80. The van der Waals surface area contributed by atoms with Crippen LogP contribution in [0.25, 0.3) is 0 Å². The van der Waals surface area contributed by atoms with E-state index in [1.807, 2.05) is 26.0 Å². The molecule has 0 aliphatic heterocycles. The van der Waals surface area contributed by atoms with Gasteiger partial charge in [-0.2, -0.15) is 0 Å². The second-order valence-corrected chi connectivity index (χ2v) is 4.64. The highest BCUT2D eigenvalue weighted by Crippen LogP contribution is 2.23. The third-order valence-electron chi connectivity index (χ3n) is 3.00. The van der Waals surface area contributed by atoms with Crippen molar-refractivity contribution >= 4 is 5.91 Å². The Morgan fingerprint density at radius 3 is 2.74 bits per heavy atom. The minimum absolute atomic E-state index is 0.0108.